The van der Waals surface area contributed by atoms with Gasteiger partial charge in [-0.05, 0) is 25.2 Å². The van der Waals surface area contributed by atoms with Gasteiger partial charge in [0.15, 0.2) is 0 Å². The van der Waals surface area contributed by atoms with Crippen LogP contribution in [0.15, 0.2) is 0 Å². The lowest BCUT2D eigenvalue weighted by molar-refractivity contribution is -0.0491. The SMILES string of the molecule is C#CCC(O)(CC)C1CCC1. The molecule has 0 heterocycles. The van der Waals surface area contributed by atoms with Crippen LogP contribution < -0.4 is 0 Å². The van der Waals surface area contributed by atoms with E-state index in [-0.39, 0.29) is 0 Å². The molecule has 1 saturated carbocycles. The first kappa shape index (κ1) is 8.62. The van der Waals surface area contributed by atoms with Gasteiger partial charge in [-0.3, -0.25) is 0 Å². The van der Waals surface area contributed by atoms with Crippen molar-refractivity contribution in [3.05, 3.63) is 0 Å². The van der Waals surface area contributed by atoms with E-state index in [0.29, 0.717) is 12.3 Å². The fraction of sp³-hybridized carbons (Fsp3) is 0.800. The maximum absolute atomic E-state index is 10.00. The van der Waals surface area contributed by atoms with Crippen LogP contribution >= 0.6 is 0 Å². The molecule has 1 aliphatic carbocycles. The van der Waals surface area contributed by atoms with Crippen LogP contribution in [0.25, 0.3) is 0 Å². The molecule has 0 saturated heterocycles. The second-order valence-electron chi connectivity index (χ2n) is 3.47. The van der Waals surface area contributed by atoms with Crippen molar-refractivity contribution in [3.63, 3.8) is 0 Å². The van der Waals surface area contributed by atoms with E-state index >= 15 is 0 Å². The smallest absolute Gasteiger partial charge is 0.0781 e. The normalized spacial score (nSPS) is 23.4. The van der Waals surface area contributed by atoms with Gasteiger partial charge in [-0.2, -0.15) is 0 Å². The average molecular weight is 152 g/mol. The zero-order valence-corrected chi connectivity index (χ0v) is 7.14. The molecule has 1 fully saturated rings. The monoisotopic (exact) mass is 152 g/mol. The minimum atomic E-state index is -0.549. The molecule has 1 aliphatic rings. The molecule has 0 bridgehead atoms. The maximum Gasteiger partial charge on any atom is 0.0781 e. The van der Waals surface area contributed by atoms with Crippen LogP contribution in [0.2, 0.25) is 0 Å². The minimum absolute atomic E-state index is 0.476. The predicted octanol–water partition coefficient (Wildman–Crippen LogP) is 1.95. The zero-order chi connectivity index (χ0) is 8.32. The molecule has 0 aliphatic heterocycles. The third-order valence-electron chi connectivity index (χ3n) is 2.89. The molecule has 11 heavy (non-hydrogen) atoms. The Kier molecular flexibility index (Phi) is 2.57. The Balaban J connectivity index is 2.51. The molecular formula is C10H16O. The molecule has 0 spiro atoms. The lowest BCUT2D eigenvalue weighted by Crippen LogP contribution is -2.40. The van der Waals surface area contributed by atoms with E-state index in [9.17, 15) is 5.11 Å². The number of aliphatic hydroxyl groups is 1. The van der Waals surface area contributed by atoms with Gasteiger partial charge in [0, 0.05) is 6.42 Å². The van der Waals surface area contributed by atoms with E-state index < -0.39 is 5.60 Å². The Hall–Kier alpha value is -0.480. The second-order valence-corrected chi connectivity index (χ2v) is 3.47. The van der Waals surface area contributed by atoms with Crippen LogP contribution in [-0.2, 0) is 0 Å². The Bertz CT molecular complexity index is 164. The van der Waals surface area contributed by atoms with Gasteiger partial charge in [-0.25, -0.2) is 0 Å². The molecule has 1 nitrogen and oxygen atoms in total. The molecule has 0 radical (unpaired) electrons. The molecule has 0 aromatic carbocycles. The molecule has 1 rings (SSSR count). The van der Waals surface area contributed by atoms with E-state index in [0.717, 1.165) is 19.3 Å². The maximum atomic E-state index is 10.00. The van der Waals surface area contributed by atoms with Gasteiger partial charge >= 0.3 is 0 Å². The van der Waals surface area contributed by atoms with Crippen molar-refractivity contribution < 1.29 is 5.11 Å². The summed E-state index contributed by atoms with van der Waals surface area (Å²) in [7, 11) is 0. The lowest BCUT2D eigenvalue weighted by atomic mass is 9.70. The summed E-state index contributed by atoms with van der Waals surface area (Å²) in [6, 6.07) is 0. The Morgan fingerprint density at radius 2 is 2.27 bits per heavy atom. The highest BCUT2D eigenvalue weighted by Crippen LogP contribution is 2.39. The third kappa shape index (κ3) is 1.57. The van der Waals surface area contributed by atoms with Crippen molar-refractivity contribution in [1.82, 2.24) is 0 Å². The average Bonchev–Trinajstić information content (AvgIpc) is 1.84. The van der Waals surface area contributed by atoms with Gasteiger partial charge < -0.3 is 5.11 Å². The minimum Gasteiger partial charge on any atom is -0.389 e. The zero-order valence-electron chi connectivity index (χ0n) is 7.14. The van der Waals surface area contributed by atoms with Crippen molar-refractivity contribution >= 4 is 0 Å². The number of rotatable bonds is 3. The van der Waals surface area contributed by atoms with Gasteiger partial charge in [-0.1, -0.05) is 13.3 Å². The van der Waals surface area contributed by atoms with Crippen molar-refractivity contribution in [1.29, 1.82) is 0 Å². The van der Waals surface area contributed by atoms with Gasteiger partial charge in [0.05, 0.1) is 5.60 Å². The quantitative estimate of drug-likeness (QED) is 0.613. The van der Waals surface area contributed by atoms with Crippen LogP contribution in [0.3, 0.4) is 0 Å². The standard InChI is InChI=1S/C10H16O/c1-3-8-10(11,4-2)9-6-5-7-9/h1,9,11H,4-8H2,2H3. The van der Waals surface area contributed by atoms with Gasteiger partial charge in [0.1, 0.15) is 0 Å². The molecule has 1 N–H and O–H groups in total. The first-order valence-electron chi connectivity index (χ1n) is 4.39. The first-order valence-corrected chi connectivity index (χ1v) is 4.39. The van der Waals surface area contributed by atoms with Crippen molar-refractivity contribution in [2.45, 2.75) is 44.6 Å². The molecule has 0 aromatic rings. The van der Waals surface area contributed by atoms with Crippen molar-refractivity contribution in [3.8, 4) is 12.3 Å². The highest BCUT2D eigenvalue weighted by molar-refractivity contribution is 5.00. The van der Waals surface area contributed by atoms with E-state index in [1.54, 1.807) is 0 Å². The first-order chi connectivity index (χ1) is 5.23. The van der Waals surface area contributed by atoms with Crippen LogP contribution in [0, 0.1) is 18.3 Å². The van der Waals surface area contributed by atoms with Crippen LogP contribution in [0.4, 0.5) is 0 Å². The highest BCUT2D eigenvalue weighted by Gasteiger charge is 2.37. The summed E-state index contributed by atoms with van der Waals surface area (Å²) < 4.78 is 0. The molecule has 62 valence electrons. The molecule has 1 unspecified atom stereocenters. The summed E-state index contributed by atoms with van der Waals surface area (Å²) in [5, 5.41) is 10.00. The Labute approximate surface area is 68.8 Å². The molecule has 0 amide bonds. The number of hydrogen-bond donors (Lipinski definition) is 1. The van der Waals surface area contributed by atoms with Crippen LogP contribution in [0.5, 0.6) is 0 Å². The van der Waals surface area contributed by atoms with Gasteiger partial charge in [-0.15, -0.1) is 12.3 Å². The van der Waals surface area contributed by atoms with E-state index in [2.05, 4.69) is 5.92 Å². The molecule has 1 heteroatoms. The van der Waals surface area contributed by atoms with Crippen molar-refractivity contribution in [2.24, 2.45) is 5.92 Å². The summed E-state index contributed by atoms with van der Waals surface area (Å²) in [5.74, 6) is 3.03. The van der Waals surface area contributed by atoms with Crippen LogP contribution in [0.1, 0.15) is 39.0 Å². The second kappa shape index (κ2) is 3.28. The van der Waals surface area contributed by atoms with Crippen molar-refractivity contribution in [2.75, 3.05) is 0 Å². The fourth-order valence-electron chi connectivity index (χ4n) is 1.68. The summed E-state index contributed by atoms with van der Waals surface area (Å²) in [6.45, 7) is 2.01. The molecule has 0 aromatic heterocycles. The summed E-state index contributed by atoms with van der Waals surface area (Å²) in [4.78, 5) is 0. The highest BCUT2D eigenvalue weighted by atomic mass is 16.3. The van der Waals surface area contributed by atoms with E-state index in [1.165, 1.54) is 6.42 Å². The summed E-state index contributed by atoms with van der Waals surface area (Å²) >= 11 is 0. The molecular weight excluding hydrogens is 136 g/mol. The summed E-state index contributed by atoms with van der Waals surface area (Å²) in [5.41, 5.74) is -0.549. The lowest BCUT2D eigenvalue weighted by Gasteiger charge is -2.40. The fourth-order valence-corrected chi connectivity index (χ4v) is 1.68. The number of terminal acetylenes is 1. The van der Waals surface area contributed by atoms with Gasteiger partial charge in [0.25, 0.3) is 0 Å². The topological polar surface area (TPSA) is 20.2 Å². The van der Waals surface area contributed by atoms with E-state index in [4.69, 9.17) is 6.42 Å². The van der Waals surface area contributed by atoms with Gasteiger partial charge in [0.2, 0.25) is 0 Å². The predicted molar refractivity (Wildman–Crippen MR) is 46.0 cm³/mol. The Morgan fingerprint density at radius 3 is 2.55 bits per heavy atom. The Morgan fingerprint density at radius 1 is 1.64 bits per heavy atom. The summed E-state index contributed by atoms with van der Waals surface area (Å²) in [6.07, 6.45) is 10.1. The number of hydrogen-bond acceptors (Lipinski definition) is 1. The largest absolute Gasteiger partial charge is 0.389 e. The van der Waals surface area contributed by atoms with Crippen LogP contribution in [-0.4, -0.2) is 10.7 Å². The van der Waals surface area contributed by atoms with E-state index in [1.807, 2.05) is 6.92 Å². The molecule has 1 atom stereocenters. The third-order valence-corrected chi connectivity index (χ3v) is 2.89.